The first kappa shape index (κ1) is 48.1. The highest BCUT2D eigenvalue weighted by Gasteiger charge is 0.636. The van der Waals surface area contributed by atoms with Crippen LogP contribution in [0.2, 0.25) is 0 Å². The van der Waals surface area contributed by atoms with Crippen LogP contribution in [0.3, 0.4) is 0 Å². The van der Waals surface area contributed by atoms with Gasteiger partial charge in [0.25, 0.3) is 0 Å². The van der Waals surface area contributed by atoms with Gasteiger partial charge in [0.05, 0.1) is 0 Å². The molecule has 5 heavy (non-hydrogen) atoms. The van der Waals surface area contributed by atoms with Crippen molar-refractivity contribution in [1.29, 1.82) is 0 Å². The van der Waals surface area contributed by atoms with E-state index < -0.39 is 0 Å². The number of rotatable bonds is 0. The van der Waals surface area contributed by atoms with Crippen molar-refractivity contribution in [1.82, 2.24) is 0 Å². The summed E-state index contributed by atoms with van der Waals surface area (Å²) in [7, 11) is 0. The van der Waals surface area contributed by atoms with E-state index in [0.717, 1.165) is 0 Å². The van der Waals surface area contributed by atoms with Crippen LogP contribution in [0.4, 0.5) is 0 Å². The van der Waals surface area contributed by atoms with E-state index in [1.54, 1.807) is 0 Å². The van der Waals surface area contributed by atoms with Crippen molar-refractivity contribution in [3.05, 3.63) is 0 Å². The summed E-state index contributed by atoms with van der Waals surface area (Å²) >= 11 is 0. The molecule has 0 spiro atoms. The van der Waals surface area contributed by atoms with Crippen LogP contribution in [0.15, 0.2) is 0 Å². The van der Waals surface area contributed by atoms with Crippen LogP contribution in [-0.4, -0.2) is 6.79 Å². The Morgan fingerprint density at radius 3 is 0.800 bits per heavy atom. The molecule has 0 heterocycles. The fraction of sp³-hybridized carbons (Fsp3) is 0. The Kier molecular flexibility index (Phi) is 1880. The summed E-state index contributed by atoms with van der Waals surface area (Å²) in [6.45, 7) is 2.00. The second-order valence-corrected chi connectivity index (χ2v) is 0. The Bertz CT molecular complexity index is 6.85. The fourth-order valence-electron chi connectivity index (χ4n) is 0. The molecule has 0 aliphatic rings. The highest BCUT2D eigenvalue weighted by atomic mass is 35.5. The lowest BCUT2D eigenvalue weighted by Gasteiger charge is -0.837. The standard InChI is InChI=1S/CH2O.3ClH/c1-2;;;/h1H2;3*1H. The maximum atomic E-state index is 8.00. The Morgan fingerprint density at radius 2 is 0.800 bits per heavy atom. The molecule has 0 aromatic rings. The molecule has 4 heteroatoms. The molecule has 0 bridgehead atoms. The van der Waals surface area contributed by atoms with Crippen molar-refractivity contribution in [3.8, 4) is 0 Å². The van der Waals surface area contributed by atoms with E-state index in [1.165, 1.54) is 0 Å². The lowest BCUT2D eigenvalue weighted by Crippen LogP contribution is -0.925. The fourth-order valence-corrected chi connectivity index (χ4v) is 0. The monoisotopic (exact) mass is 138 g/mol. The zero-order chi connectivity index (χ0) is 2.00. The zero-order valence-electron chi connectivity index (χ0n) is 2.34. The summed E-state index contributed by atoms with van der Waals surface area (Å²) in [4.78, 5) is 8.00. The van der Waals surface area contributed by atoms with E-state index in [2.05, 4.69) is 0 Å². The summed E-state index contributed by atoms with van der Waals surface area (Å²) in [5.41, 5.74) is 0. The van der Waals surface area contributed by atoms with Crippen molar-refractivity contribution >= 4 is 44.0 Å². The van der Waals surface area contributed by atoms with Gasteiger partial charge in [-0.2, -0.15) is 0 Å². The number of halogens is 3. The Balaban J connectivity index is -0.00000000167. The molecule has 0 aromatic heterocycles. The first-order valence-electron chi connectivity index (χ1n) is 0.289. The van der Waals surface area contributed by atoms with Crippen molar-refractivity contribution < 1.29 is 4.79 Å². The maximum absolute atomic E-state index is 8.00. The summed E-state index contributed by atoms with van der Waals surface area (Å²) < 4.78 is 0. The average Bonchev–Trinajstić information content (AvgIpc) is 1.00. The molecule has 0 aromatic carbocycles. The molecule has 36 valence electrons. The van der Waals surface area contributed by atoms with Gasteiger partial charge in [-0.3, -0.25) is 0 Å². The predicted molar refractivity (Wildman–Crippen MR) is 28.9 cm³/mol. The number of carbonyl (C=O) groups is 1. The van der Waals surface area contributed by atoms with Crippen LogP contribution >= 0.6 is 37.2 Å². The van der Waals surface area contributed by atoms with Crippen molar-refractivity contribution in [2.75, 3.05) is 0 Å². The van der Waals surface area contributed by atoms with Gasteiger partial charge in [0.1, 0.15) is 6.79 Å². The van der Waals surface area contributed by atoms with Gasteiger partial charge < -0.3 is 4.79 Å². The largest absolute Gasteiger partial charge is 0.307 e. The number of hydrogen-bond acceptors (Lipinski definition) is 1. The van der Waals surface area contributed by atoms with E-state index in [4.69, 9.17) is 4.79 Å². The van der Waals surface area contributed by atoms with Crippen LogP contribution < -0.4 is 0 Å². The van der Waals surface area contributed by atoms with E-state index in [9.17, 15) is 0 Å². The van der Waals surface area contributed by atoms with E-state index >= 15 is 0 Å². The first-order chi connectivity index (χ1) is 1.00. The summed E-state index contributed by atoms with van der Waals surface area (Å²) in [6.07, 6.45) is 0. The Morgan fingerprint density at radius 1 is 0.800 bits per heavy atom. The second kappa shape index (κ2) is 195. The van der Waals surface area contributed by atoms with Crippen LogP contribution in [0.25, 0.3) is 0 Å². The number of carbonyl (C=O) groups excluding carboxylic acids is 1. The molecule has 0 unspecified atom stereocenters. The normalized spacial score (nSPS) is 0.800. The van der Waals surface area contributed by atoms with Gasteiger partial charge in [0.2, 0.25) is 0 Å². The average molecular weight is 139 g/mol. The SMILES string of the molecule is C=O.Cl.Cl.Cl. The lowest BCUT2D eigenvalue weighted by molar-refractivity contribution is -0.0979. The van der Waals surface area contributed by atoms with Crippen LogP contribution in [0.5, 0.6) is 0 Å². The molecular formula is CH5Cl3O. The van der Waals surface area contributed by atoms with E-state index in [1.807, 2.05) is 6.79 Å². The minimum Gasteiger partial charge on any atom is -0.307 e. The minimum atomic E-state index is 0. The summed E-state index contributed by atoms with van der Waals surface area (Å²) in [6, 6.07) is 0. The molecule has 0 amide bonds. The van der Waals surface area contributed by atoms with Crippen molar-refractivity contribution in [2.24, 2.45) is 0 Å². The molecule has 0 rings (SSSR count). The van der Waals surface area contributed by atoms with Gasteiger partial charge in [-0.15, -0.1) is 37.2 Å². The van der Waals surface area contributed by atoms with Crippen molar-refractivity contribution in [3.63, 3.8) is 0 Å². The molecule has 0 atom stereocenters. The third-order valence-electron chi connectivity index (χ3n) is 0. The van der Waals surface area contributed by atoms with Gasteiger partial charge in [-0.25, -0.2) is 0 Å². The topological polar surface area (TPSA) is 17.1 Å². The van der Waals surface area contributed by atoms with E-state index in [0.29, 0.717) is 0 Å². The number of hydrogen-bond donors (Lipinski definition) is 0. The van der Waals surface area contributed by atoms with Crippen LogP contribution in [0, 0.1) is 0 Å². The van der Waals surface area contributed by atoms with Gasteiger partial charge in [0.15, 0.2) is 0 Å². The van der Waals surface area contributed by atoms with Gasteiger partial charge >= 0.3 is 0 Å². The highest BCUT2D eigenvalue weighted by molar-refractivity contribution is 5.86. The smallest absolute Gasteiger partial charge is 0.106 e. The molecule has 0 saturated heterocycles. The van der Waals surface area contributed by atoms with Crippen molar-refractivity contribution in [2.45, 2.75) is 0 Å². The highest BCUT2D eigenvalue weighted by Crippen LogP contribution is 0.692. The predicted octanol–water partition coefficient (Wildman–Crippen LogP) is 1.08. The van der Waals surface area contributed by atoms with Gasteiger partial charge in [-0.1, -0.05) is 0 Å². The van der Waals surface area contributed by atoms with Gasteiger partial charge in [0, 0.05) is 0 Å². The molecule has 1 nitrogen and oxygen atoms in total. The van der Waals surface area contributed by atoms with Gasteiger partial charge in [-0.05, 0) is 0 Å². The zero-order valence-corrected chi connectivity index (χ0v) is 4.79. The quantitative estimate of drug-likeness (QED) is 0.491. The molecule has 0 saturated carbocycles. The first-order valence-corrected chi connectivity index (χ1v) is 0.289. The molecular weight excluding hydrogens is 134 g/mol. The van der Waals surface area contributed by atoms with E-state index in [-0.39, 0.29) is 37.2 Å². The molecule has 0 N–H and O–H groups in total. The van der Waals surface area contributed by atoms with Crippen LogP contribution in [-0.2, 0) is 4.79 Å². The summed E-state index contributed by atoms with van der Waals surface area (Å²) in [5.74, 6) is 0. The third kappa shape index (κ3) is 100. The molecule has 0 aliphatic heterocycles. The second-order valence-electron chi connectivity index (χ2n) is 0. The Hall–Kier alpha value is 0.540. The third-order valence-corrected chi connectivity index (χ3v) is 0. The molecule has 0 fully saturated rings. The minimum absolute atomic E-state index is 0. The maximum Gasteiger partial charge on any atom is 0.106 e. The Labute approximate surface area is 49.4 Å². The lowest BCUT2D eigenvalue weighted by atomic mass is 11.9. The van der Waals surface area contributed by atoms with Crippen LogP contribution in [0.1, 0.15) is 0 Å². The molecule has 0 aliphatic carbocycles. The summed E-state index contributed by atoms with van der Waals surface area (Å²) in [5, 5.41) is 0. The molecule has 0 radical (unpaired) electrons.